The van der Waals surface area contributed by atoms with Crippen LogP contribution in [-0.2, 0) is 16.4 Å². The maximum atomic E-state index is 14.1. The highest BCUT2D eigenvalue weighted by Crippen LogP contribution is 2.34. The van der Waals surface area contributed by atoms with E-state index >= 15 is 0 Å². The molecule has 3 heterocycles. The zero-order valence-electron chi connectivity index (χ0n) is 23.2. The van der Waals surface area contributed by atoms with Crippen LogP contribution in [0.3, 0.4) is 0 Å². The molecule has 2 aromatic heterocycles. The molecule has 6 aromatic rings. The Labute approximate surface area is 252 Å². The largest absolute Gasteiger partial charge is 0.368 e. The molecule has 12 nitrogen and oxygen atoms in total. The van der Waals surface area contributed by atoms with Crippen LogP contribution in [0.1, 0.15) is 5.56 Å². The number of nitrogen functional groups attached to an aromatic ring is 1. The van der Waals surface area contributed by atoms with E-state index in [1.807, 2.05) is 60.7 Å². The molecule has 0 aliphatic carbocycles. The Morgan fingerprint density at radius 1 is 0.886 bits per heavy atom. The number of hydrogen-bond acceptors (Lipinski definition) is 8. The smallest absolute Gasteiger partial charge is 0.323 e. The Bertz CT molecular complexity index is 2150. The predicted octanol–water partition coefficient (Wildman–Crippen LogP) is 4.96. The van der Waals surface area contributed by atoms with Gasteiger partial charge in [-0.15, -0.1) is 0 Å². The van der Waals surface area contributed by atoms with Crippen molar-refractivity contribution in [2.24, 2.45) is 0 Å². The summed E-state index contributed by atoms with van der Waals surface area (Å²) in [5, 5.41) is 18.4. The molecule has 0 bridgehead atoms. The van der Waals surface area contributed by atoms with E-state index in [1.54, 1.807) is 24.4 Å². The molecule has 0 fully saturated rings. The van der Waals surface area contributed by atoms with E-state index < -0.39 is 16.1 Å². The molecule has 220 valence electrons. The van der Waals surface area contributed by atoms with Gasteiger partial charge < -0.3 is 21.7 Å². The molecule has 6 N–H and O–H groups in total. The molecule has 0 spiro atoms. The van der Waals surface area contributed by atoms with Crippen LogP contribution < -0.4 is 26.0 Å². The van der Waals surface area contributed by atoms with Gasteiger partial charge in [-0.3, -0.25) is 9.40 Å². The van der Waals surface area contributed by atoms with Gasteiger partial charge in [0.25, 0.3) is 10.0 Å². The molecular formula is C31H27N9O3S. The number of aromatic amines is 1. The summed E-state index contributed by atoms with van der Waals surface area (Å²) in [4.78, 5) is 21.4. The van der Waals surface area contributed by atoms with Gasteiger partial charge in [-0.25, -0.2) is 13.2 Å². The summed E-state index contributed by atoms with van der Waals surface area (Å²) in [6.45, 7) is 0.128. The molecule has 0 saturated heterocycles. The average Bonchev–Trinajstić information content (AvgIpc) is 3.49. The predicted molar refractivity (Wildman–Crippen MR) is 171 cm³/mol. The van der Waals surface area contributed by atoms with Crippen LogP contribution in [0.25, 0.3) is 21.8 Å². The molecule has 1 aliphatic rings. The van der Waals surface area contributed by atoms with Crippen molar-refractivity contribution in [1.29, 1.82) is 0 Å². The van der Waals surface area contributed by atoms with Gasteiger partial charge in [0.15, 0.2) is 5.65 Å². The van der Waals surface area contributed by atoms with Gasteiger partial charge in [-0.05, 0) is 59.2 Å². The fourth-order valence-corrected chi connectivity index (χ4v) is 7.05. The number of aromatic nitrogens is 4. The van der Waals surface area contributed by atoms with Crippen molar-refractivity contribution in [2.45, 2.75) is 17.4 Å². The number of carbonyl (C=O) groups is 1. The maximum absolute atomic E-state index is 14.1. The highest BCUT2D eigenvalue weighted by molar-refractivity contribution is 7.92. The number of nitrogens with two attached hydrogens (primary N) is 1. The van der Waals surface area contributed by atoms with E-state index in [2.05, 4.69) is 36.1 Å². The van der Waals surface area contributed by atoms with Crippen molar-refractivity contribution in [3.05, 3.63) is 103 Å². The van der Waals surface area contributed by atoms with Crippen molar-refractivity contribution < 1.29 is 13.2 Å². The topological polar surface area (TPSA) is 171 Å². The Hall–Kier alpha value is -5.69. The van der Waals surface area contributed by atoms with Crippen LogP contribution in [-0.4, -0.2) is 47.2 Å². The number of H-pyrrole nitrogens is 1. The van der Waals surface area contributed by atoms with Gasteiger partial charge in [-0.2, -0.15) is 15.1 Å². The Morgan fingerprint density at radius 2 is 1.66 bits per heavy atom. The number of nitrogens with zero attached hydrogens (tertiary/aromatic N) is 4. The fourth-order valence-electron chi connectivity index (χ4n) is 5.46. The maximum Gasteiger partial charge on any atom is 0.323 e. The second-order valence-electron chi connectivity index (χ2n) is 10.4. The van der Waals surface area contributed by atoms with Gasteiger partial charge in [0, 0.05) is 11.4 Å². The van der Waals surface area contributed by atoms with Gasteiger partial charge in [0.1, 0.15) is 5.82 Å². The summed E-state index contributed by atoms with van der Waals surface area (Å²) >= 11 is 0. The normalized spacial score (nSPS) is 14.7. The third-order valence-corrected chi connectivity index (χ3v) is 9.24. The first kappa shape index (κ1) is 27.2. The van der Waals surface area contributed by atoms with Crippen LogP contribution in [0, 0.1) is 0 Å². The standard InChI is InChI=1S/C31H27N9O3S/c32-30-37-28(26-17-33-39-29(26)38-30)34-24-15-21-8-3-4-11-27(21)40(18-24)44(42,43)25-10-5-9-22(16-25)35-31(41)36-23-13-12-19-6-1-2-7-20(19)14-23/h1-14,16-17,24H,15,18H2,(H2,35,36,41)(H4,32,33,34,37,38,39). The number of nitrogens with one attached hydrogen (secondary N) is 4. The van der Waals surface area contributed by atoms with Crippen molar-refractivity contribution >= 4 is 66.7 Å². The summed E-state index contributed by atoms with van der Waals surface area (Å²) in [5.41, 5.74) is 8.78. The van der Waals surface area contributed by atoms with Crippen molar-refractivity contribution in [2.75, 3.05) is 32.5 Å². The molecule has 1 atom stereocenters. The van der Waals surface area contributed by atoms with E-state index in [9.17, 15) is 13.2 Å². The van der Waals surface area contributed by atoms with Gasteiger partial charge in [-0.1, -0.05) is 54.6 Å². The summed E-state index contributed by atoms with van der Waals surface area (Å²) in [6, 6.07) is 26.2. The van der Waals surface area contributed by atoms with Gasteiger partial charge >= 0.3 is 6.03 Å². The fraction of sp³-hybridized carbons (Fsp3) is 0.0968. The summed E-state index contributed by atoms with van der Waals surface area (Å²) in [6.07, 6.45) is 2.15. The van der Waals surface area contributed by atoms with Crippen LogP contribution in [0.4, 0.5) is 33.6 Å². The second-order valence-corrected chi connectivity index (χ2v) is 12.3. The van der Waals surface area contributed by atoms with Crippen LogP contribution >= 0.6 is 0 Å². The van der Waals surface area contributed by atoms with E-state index in [1.165, 1.54) is 16.4 Å². The average molecular weight is 606 g/mol. The molecule has 4 aromatic carbocycles. The minimum absolute atomic E-state index is 0.0416. The van der Waals surface area contributed by atoms with Gasteiger partial charge in [0.05, 0.1) is 34.8 Å². The molecule has 13 heteroatoms. The number of anilines is 5. The van der Waals surface area contributed by atoms with Crippen molar-refractivity contribution in [3.63, 3.8) is 0 Å². The van der Waals surface area contributed by atoms with Crippen LogP contribution in [0.2, 0.25) is 0 Å². The van der Waals surface area contributed by atoms with Gasteiger partial charge in [0.2, 0.25) is 5.95 Å². The van der Waals surface area contributed by atoms with Crippen molar-refractivity contribution in [1.82, 2.24) is 20.2 Å². The van der Waals surface area contributed by atoms with Crippen LogP contribution in [0.15, 0.2) is 102 Å². The molecular weight excluding hydrogens is 578 g/mol. The van der Waals surface area contributed by atoms with Crippen molar-refractivity contribution in [3.8, 4) is 0 Å². The van der Waals surface area contributed by atoms with Crippen LogP contribution in [0.5, 0.6) is 0 Å². The lowest BCUT2D eigenvalue weighted by Gasteiger charge is -2.36. The Balaban J connectivity index is 1.13. The number of benzene rings is 4. The molecule has 1 aliphatic heterocycles. The number of urea groups is 1. The van der Waals surface area contributed by atoms with E-state index in [0.29, 0.717) is 40.3 Å². The molecule has 7 rings (SSSR count). The van der Waals surface area contributed by atoms with E-state index in [-0.39, 0.29) is 23.4 Å². The third kappa shape index (κ3) is 5.20. The lowest BCUT2D eigenvalue weighted by Crippen LogP contribution is -2.45. The first-order valence-corrected chi connectivity index (χ1v) is 15.3. The quantitative estimate of drug-likeness (QED) is 0.177. The highest BCUT2D eigenvalue weighted by Gasteiger charge is 2.34. The number of carbonyl (C=O) groups excluding carboxylic acids is 1. The summed E-state index contributed by atoms with van der Waals surface area (Å²) in [7, 11) is -4.04. The number of hydrogen-bond donors (Lipinski definition) is 5. The minimum atomic E-state index is -4.04. The van der Waals surface area contributed by atoms with E-state index in [0.717, 1.165) is 16.3 Å². The summed E-state index contributed by atoms with van der Waals surface area (Å²) in [5.74, 6) is 0.533. The molecule has 1 unspecified atom stereocenters. The first-order valence-electron chi connectivity index (χ1n) is 13.8. The van der Waals surface area contributed by atoms with E-state index in [4.69, 9.17) is 5.73 Å². The first-order chi connectivity index (χ1) is 21.3. The lowest BCUT2D eigenvalue weighted by atomic mass is 9.99. The molecule has 2 amide bonds. The second kappa shape index (κ2) is 10.9. The third-order valence-electron chi connectivity index (χ3n) is 7.47. The minimum Gasteiger partial charge on any atom is -0.368 e. The molecule has 44 heavy (non-hydrogen) atoms. The number of rotatable bonds is 6. The zero-order valence-corrected chi connectivity index (χ0v) is 24.0. The monoisotopic (exact) mass is 605 g/mol. The summed E-state index contributed by atoms with van der Waals surface area (Å²) < 4.78 is 29.7. The number of sulfonamides is 1. The molecule has 0 saturated carbocycles. The highest BCUT2D eigenvalue weighted by atomic mass is 32.2. The number of amides is 2. The molecule has 0 radical (unpaired) electrons. The SMILES string of the molecule is Nc1nc(NC2Cc3ccccc3N(S(=O)(=O)c3cccc(NC(=O)Nc4ccc5ccccc5c4)c3)C2)c2cn[nH]c2n1. The number of fused-ring (bicyclic) bond motifs is 3. The Morgan fingerprint density at radius 3 is 2.52 bits per heavy atom. The lowest BCUT2D eigenvalue weighted by molar-refractivity contribution is 0.262. The zero-order chi connectivity index (χ0) is 30.3. The Kier molecular flexibility index (Phi) is 6.70. The number of para-hydroxylation sites is 1.